The number of carbonyl (C=O) groups is 1. The molecule has 0 bridgehead atoms. The number of carbonyl (C=O) groups excluding carboxylic acids is 1. The van der Waals surface area contributed by atoms with E-state index in [9.17, 15) is 4.79 Å². The first kappa shape index (κ1) is 17.9. The predicted molar refractivity (Wildman–Crippen MR) is 102 cm³/mol. The lowest BCUT2D eigenvalue weighted by Gasteiger charge is -2.32. The quantitative estimate of drug-likeness (QED) is 0.779. The number of nitrogens with zero attached hydrogens (tertiary/aromatic N) is 3. The van der Waals surface area contributed by atoms with E-state index in [1.807, 2.05) is 17.5 Å². The van der Waals surface area contributed by atoms with Crippen LogP contribution in [0.15, 0.2) is 22.0 Å². The summed E-state index contributed by atoms with van der Waals surface area (Å²) < 4.78 is 5.51. The fourth-order valence-electron chi connectivity index (χ4n) is 4.18. The average Bonchev–Trinajstić information content (AvgIpc) is 3.34. The van der Waals surface area contributed by atoms with Crippen LogP contribution in [0, 0.1) is 11.8 Å². The van der Waals surface area contributed by atoms with Crippen LogP contribution in [0.25, 0.3) is 10.7 Å². The van der Waals surface area contributed by atoms with Crippen LogP contribution < -0.4 is 0 Å². The van der Waals surface area contributed by atoms with Crippen molar-refractivity contribution in [1.29, 1.82) is 0 Å². The maximum absolute atomic E-state index is 12.6. The standard InChI is InChI=1S/C20H27N3O2S/c1-14-4-6-15(7-5-14)17(24)13-23-10-8-16(9-11-23)20-21-19(22-25-20)18-3-2-12-26-18/h2-3,12,14-16H,4-11,13H2,1H3. The second-order valence-corrected chi connectivity index (χ2v) is 8.85. The van der Waals surface area contributed by atoms with Crippen LogP contribution in [0.2, 0.25) is 0 Å². The highest BCUT2D eigenvalue weighted by molar-refractivity contribution is 7.13. The summed E-state index contributed by atoms with van der Waals surface area (Å²) in [6.07, 6.45) is 6.57. The van der Waals surface area contributed by atoms with Gasteiger partial charge in [-0.15, -0.1) is 11.3 Å². The normalized spacial score (nSPS) is 25.4. The summed E-state index contributed by atoms with van der Waals surface area (Å²) in [7, 11) is 0. The minimum atomic E-state index is 0.299. The van der Waals surface area contributed by atoms with Crippen LogP contribution in [0.1, 0.15) is 57.3 Å². The lowest BCUT2D eigenvalue weighted by atomic mass is 9.80. The summed E-state index contributed by atoms with van der Waals surface area (Å²) in [5, 5.41) is 6.15. The van der Waals surface area contributed by atoms with Crippen molar-refractivity contribution in [3.63, 3.8) is 0 Å². The van der Waals surface area contributed by atoms with Gasteiger partial charge in [-0.3, -0.25) is 9.69 Å². The van der Waals surface area contributed by atoms with Crippen molar-refractivity contribution in [2.75, 3.05) is 19.6 Å². The molecule has 140 valence electrons. The van der Waals surface area contributed by atoms with E-state index in [4.69, 9.17) is 4.52 Å². The molecule has 5 nitrogen and oxygen atoms in total. The molecule has 0 N–H and O–H groups in total. The number of aromatic nitrogens is 2. The van der Waals surface area contributed by atoms with Gasteiger partial charge in [0.25, 0.3) is 0 Å². The fourth-order valence-corrected chi connectivity index (χ4v) is 4.83. The molecule has 0 amide bonds. The highest BCUT2D eigenvalue weighted by Crippen LogP contribution is 2.31. The fraction of sp³-hybridized carbons (Fsp3) is 0.650. The molecule has 0 unspecified atom stereocenters. The van der Waals surface area contributed by atoms with Gasteiger partial charge in [-0.1, -0.05) is 31.0 Å². The van der Waals surface area contributed by atoms with Crippen LogP contribution in [0.5, 0.6) is 0 Å². The molecular weight excluding hydrogens is 346 g/mol. The first-order valence-electron chi connectivity index (χ1n) is 9.81. The average molecular weight is 374 g/mol. The van der Waals surface area contributed by atoms with Crippen molar-refractivity contribution < 1.29 is 9.32 Å². The Balaban J connectivity index is 1.27. The molecule has 0 spiro atoms. The smallest absolute Gasteiger partial charge is 0.230 e. The van der Waals surface area contributed by atoms with Crippen molar-refractivity contribution in [3.05, 3.63) is 23.4 Å². The number of rotatable bonds is 5. The second-order valence-electron chi connectivity index (χ2n) is 7.91. The molecule has 1 aliphatic carbocycles. The molecule has 2 aliphatic rings. The number of likely N-dealkylation sites (tertiary alicyclic amines) is 1. The predicted octanol–water partition coefficient (Wildman–Crippen LogP) is 4.37. The number of piperidine rings is 1. The van der Waals surface area contributed by atoms with Gasteiger partial charge in [0.1, 0.15) is 5.78 Å². The van der Waals surface area contributed by atoms with Gasteiger partial charge in [-0.05, 0) is 56.1 Å². The maximum atomic E-state index is 12.6. The zero-order valence-electron chi connectivity index (χ0n) is 15.4. The van der Waals surface area contributed by atoms with Gasteiger partial charge in [0, 0.05) is 11.8 Å². The number of hydrogen-bond acceptors (Lipinski definition) is 6. The third kappa shape index (κ3) is 4.07. The summed E-state index contributed by atoms with van der Waals surface area (Å²) >= 11 is 1.63. The van der Waals surface area contributed by atoms with Crippen molar-refractivity contribution in [3.8, 4) is 10.7 Å². The minimum Gasteiger partial charge on any atom is -0.339 e. The molecule has 2 aromatic heterocycles. The zero-order valence-corrected chi connectivity index (χ0v) is 16.2. The summed E-state index contributed by atoms with van der Waals surface area (Å²) in [5.41, 5.74) is 0. The molecule has 1 saturated carbocycles. The van der Waals surface area contributed by atoms with Gasteiger partial charge in [0.05, 0.1) is 11.4 Å². The van der Waals surface area contributed by atoms with E-state index in [1.165, 1.54) is 12.8 Å². The number of hydrogen-bond donors (Lipinski definition) is 0. The Labute approximate surface area is 158 Å². The Morgan fingerprint density at radius 1 is 1.23 bits per heavy atom. The summed E-state index contributed by atoms with van der Waals surface area (Å²) in [4.78, 5) is 20.5. The van der Waals surface area contributed by atoms with Crippen LogP contribution in [-0.4, -0.2) is 40.5 Å². The second kappa shape index (κ2) is 8.01. The molecular formula is C20H27N3O2S. The molecule has 0 aromatic carbocycles. The van der Waals surface area contributed by atoms with Crippen molar-refractivity contribution in [2.45, 2.75) is 51.4 Å². The Kier molecular flexibility index (Phi) is 5.50. The minimum absolute atomic E-state index is 0.299. The van der Waals surface area contributed by atoms with E-state index >= 15 is 0 Å². The summed E-state index contributed by atoms with van der Waals surface area (Å²) in [6.45, 7) is 4.80. The molecule has 0 atom stereocenters. The van der Waals surface area contributed by atoms with E-state index in [0.717, 1.165) is 55.5 Å². The Morgan fingerprint density at radius 3 is 2.69 bits per heavy atom. The van der Waals surface area contributed by atoms with Crippen molar-refractivity contribution in [2.24, 2.45) is 11.8 Å². The summed E-state index contributed by atoms with van der Waals surface area (Å²) in [5.74, 6) is 3.31. The Hall–Kier alpha value is -1.53. The van der Waals surface area contributed by atoms with E-state index in [1.54, 1.807) is 11.3 Å². The van der Waals surface area contributed by atoms with Crippen LogP contribution in [-0.2, 0) is 4.79 Å². The Morgan fingerprint density at radius 2 is 2.00 bits per heavy atom. The van der Waals surface area contributed by atoms with Crippen molar-refractivity contribution in [1.82, 2.24) is 15.0 Å². The molecule has 2 fully saturated rings. The first-order valence-corrected chi connectivity index (χ1v) is 10.7. The lowest BCUT2D eigenvalue weighted by Crippen LogP contribution is -2.39. The zero-order chi connectivity index (χ0) is 17.9. The SMILES string of the molecule is CC1CCC(C(=O)CN2CCC(c3nc(-c4cccs4)no3)CC2)CC1. The highest BCUT2D eigenvalue weighted by atomic mass is 32.1. The number of Topliss-reactive ketones (excluding diaryl/α,β-unsaturated/α-hetero) is 1. The molecule has 3 heterocycles. The largest absolute Gasteiger partial charge is 0.339 e. The van der Waals surface area contributed by atoms with Gasteiger partial charge >= 0.3 is 0 Å². The van der Waals surface area contributed by atoms with E-state index in [-0.39, 0.29) is 0 Å². The third-order valence-electron chi connectivity index (χ3n) is 5.97. The van der Waals surface area contributed by atoms with Gasteiger partial charge in [-0.2, -0.15) is 4.98 Å². The molecule has 0 radical (unpaired) electrons. The number of thiophene rings is 1. The maximum Gasteiger partial charge on any atom is 0.230 e. The van der Waals surface area contributed by atoms with Crippen LogP contribution in [0.3, 0.4) is 0 Å². The number of ketones is 1. The lowest BCUT2D eigenvalue weighted by molar-refractivity contribution is -0.125. The Bertz CT molecular complexity index is 711. The molecule has 4 rings (SSSR count). The van der Waals surface area contributed by atoms with Gasteiger partial charge < -0.3 is 4.52 Å². The monoisotopic (exact) mass is 373 g/mol. The van der Waals surface area contributed by atoms with Crippen LogP contribution >= 0.6 is 11.3 Å². The topological polar surface area (TPSA) is 59.2 Å². The third-order valence-corrected chi connectivity index (χ3v) is 6.84. The highest BCUT2D eigenvalue weighted by Gasteiger charge is 2.29. The van der Waals surface area contributed by atoms with Gasteiger partial charge in [0.15, 0.2) is 0 Å². The van der Waals surface area contributed by atoms with E-state index in [0.29, 0.717) is 30.0 Å². The summed E-state index contributed by atoms with van der Waals surface area (Å²) in [6, 6.07) is 4.01. The van der Waals surface area contributed by atoms with Crippen LogP contribution in [0.4, 0.5) is 0 Å². The first-order chi connectivity index (χ1) is 12.7. The van der Waals surface area contributed by atoms with E-state index in [2.05, 4.69) is 22.0 Å². The van der Waals surface area contributed by atoms with E-state index < -0.39 is 0 Å². The van der Waals surface area contributed by atoms with Gasteiger partial charge in [-0.25, -0.2) is 0 Å². The molecule has 2 aromatic rings. The molecule has 1 saturated heterocycles. The molecule has 6 heteroatoms. The molecule has 26 heavy (non-hydrogen) atoms. The van der Waals surface area contributed by atoms with Crippen molar-refractivity contribution >= 4 is 17.1 Å². The molecule has 1 aliphatic heterocycles. The van der Waals surface area contributed by atoms with Gasteiger partial charge in [0.2, 0.25) is 11.7 Å².